The smallest absolute Gasteiger partial charge is 0.264 e. The van der Waals surface area contributed by atoms with Gasteiger partial charge in [-0.15, -0.1) is 0 Å². The number of rotatable bonds is 7. The van der Waals surface area contributed by atoms with E-state index in [0.717, 1.165) is 49.9 Å². The lowest BCUT2D eigenvalue weighted by atomic mass is 10.0. The molecule has 6 rings (SSSR count). The van der Waals surface area contributed by atoms with Gasteiger partial charge in [0.1, 0.15) is 11.9 Å². The number of halogens is 1. The molecule has 0 unspecified atom stereocenters. The van der Waals surface area contributed by atoms with Crippen LogP contribution in [0, 0.1) is 5.82 Å². The fourth-order valence-electron chi connectivity index (χ4n) is 5.79. The second-order valence-electron chi connectivity index (χ2n) is 10.5. The number of hydrogen-bond acceptors (Lipinski definition) is 8. The molecule has 2 aromatic rings. The average molecular weight is 536 g/mol. The third kappa shape index (κ3) is 4.93. The molecule has 2 N–H and O–H groups in total. The Labute approximate surface area is 225 Å². The summed E-state index contributed by atoms with van der Waals surface area (Å²) in [5, 5.41) is 5.29. The van der Waals surface area contributed by atoms with E-state index in [0.29, 0.717) is 23.8 Å². The predicted octanol–water partition coefficient (Wildman–Crippen LogP) is 1.36. The highest BCUT2D eigenvalue weighted by atomic mass is 19.1. The van der Waals surface area contributed by atoms with Crippen molar-refractivity contribution >= 4 is 29.3 Å². The molecule has 0 spiro atoms. The Kier molecular flexibility index (Phi) is 6.88. The highest BCUT2D eigenvalue weighted by molar-refractivity contribution is 6.25. The first-order valence-corrected chi connectivity index (χ1v) is 13.3. The molecule has 0 aliphatic carbocycles. The fraction of sp³-hybridized carbons (Fsp3) is 0.429. The lowest BCUT2D eigenvalue weighted by Gasteiger charge is -2.46. The zero-order valence-electron chi connectivity index (χ0n) is 21.5. The van der Waals surface area contributed by atoms with E-state index in [1.165, 1.54) is 6.07 Å². The Balaban J connectivity index is 1.09. The van der Waals surface area contributed by atoms with E-state index in [1.54, 1.807) is 24.3 Å². The van der Waals surface area contributed by atoms with Crippen molar-refractivity contribution in [1.82, 2.24) is 20.0 Å². The van der Waals surface area contributed by atoms with Crippen LogP contribution in [0.3, 0.4) is 0 Å². The maximum atomic E-state index is 15.0. The number of piperidine rings is 1. The van der Waals surface area contributed by atoms with Crippen LogP contribution >= 0.6 is 0 Å². The average Bonchev–Trinajstić information content (AvgIpc) is 3.16. The van der Waals surface area contributed by atoms with Crippen LogP contribution in [-0.4, -0.2) is 89.8 Å². The number of ether oxygens (including phenoxy) is 1. The molecular formula is C28H30FN5O5. The molecular weight excluding hydrogens is 505 g/mol. The molecule has 4 aliphatic heterocycles. The third-order valence-corrected chi connectivity index (χ3v) is 7.96. The molecule has 11 heteroatoms. The van der Waals surface area contributed by atoms with Crippen LogP contribution in [0.1, 0.15) is 44.7 Å². The Morgan fingerprint density at radius 2 is 1.82 bits per heavy atom. The Bertz CT molecular complexity index is 1340. The van der Waals surface area contributed by atoms with Crippen molar-refractivity contribution in [3.8, 4) is 0 Å². The quantitative estimate of drug-likeness (QED) is 0.512. The molecule has 4 amide bonds. The number of amides is 4. The molecule has 0 radical (unpaired) electrons. The minimum atomic E-state index is -1.04. The van der Waals surface area contributed by atoms with Gasteiger partial charge in [0.25, 0.3) is 11.8 Å². The first-order chi connectivity index (χ1) is 18.9. The van der Waals surface area contributed by atoms with E-state index in [9.17, 15) is 19.2 Å². The van der Waals surface area contributed by atoms with E-state index in [2.05, 4.69) is 20.4 Å². The summed E-state index contributed by atoms with van der Waals surface area (Å²) in [6.45, 7) is 6.23. The summed E-state index contributed by atoms with van der Waals surface area (Å²) in [4.78, 5) is 55.8. The van der Waals surface area contributed by atoms with Crippen molar-refractivity contribution in [2.24, 2.45) is 0 Å². The van der Waals surface area contributed by atoms with E-state index in [1.807, 2.05) is 6.07 Å². The van der Waals surface area contributed by atoms with Crippen LogP contribution < -0.4 is 10.6 Å². The lowest BCUT2D eigenvalue weighted by Crippen LogP contribution is -2.60. The van der Waals surface area contributed by atoms with Gasteiger partial charge in [0.15, 0.2) is 0 Å². The van der Waals surface area contributed by atoms with E-state index in [-0.39, 0.29) is 36.3 Å². The number of carbonyl (C=O) groups is 4. The summed E-state index contributed by atoms with van der Waals surface area (Å²) in [5.74, 6) is -2.61. The van der Waals surface area contributed by atoms with Gasteiger partial charge in [0, 0.05) is 63.0 Å². The summed E-state index contributed by atoms with van der Waals surface area (Å²) < 4.78 is 20.4. The molecule has 3 fully saturated rings. The van der Waals surface area contributed by atoms with Crippen molar-refractivity contribution in [3.63, 3.8) is 0 Å². The Morgan fingerprint density at radius 1 is 1.03 bits per heavy atom. The Morgan fingerprint density at radius 3 is 2.56 bits per heavy atom. The fourth-order valence-corrected chi connectivity index (χ4v) is 5.79. The zero-order valence-corrected chi connectivity index (χ0v) is 21.5. The number of benzene rings is 2. The molecule has 10 nitrogen and oxygen atoms in total. The maximum Gasteiger partial charge on any atom is 0.264 e. The third-order valence-electron chi connectivity index (χ3n) is 7.96. The number of nitrogens with zero attached hydrogens (tertiary/aromatic N) is 3. The van der Waals surface area contributed by atoms with Gasteiger partial charge in [-0.25, -0.2) is 4.39 Å². The summed E-state index contributed by atoms with van der Waals surface area (Å²) >= 11 is 0. The van der Waals surface area contributed by atoms with E-state index >= 15 is 4.39 Å². The number of imide groups is 2. The lowest BCUT2D eigenvalue weighted by molar-refractivity contribution is -0.136. The van der Waals surface area contributed by atoms with Gasteiger partial charge in [-0.1, -0.05) is 18.2 Å². The highest BCUT2D eigenvalue weighted by Crippen LogP contribution is 2.33. The van der Waals surface area contributed by atoms with Gasteiger partial charge >= 0.3 is 0 Å². The number of nitrogens with one attached hydrogen (secondary N) is 2. The van der Waals surface area contributed by atoms with Crippen LogP contribution in [0.4, 0.5) is 10.1 Å². The molecule has 3 saturated heterocycles. The largest absolute Gasteiger partial charge is 0.380 e. The monoisotopic (exact) mass is 535 g/mol. The van der Waals surface area contributed by atoms with Gasteiger partial charge in [-0.2, -0.15) is 0 Å². The van der Waals surface area contributed by atoms with Crippen molar-refractivity contribution in [2.45, 2.75) is 38.0 Å². The van der Waals surface area contributed by atoms with Crippen LogP contribution in [0.25, 0.3) is 0 Å². The molecule has 1 atom stereocenters. The molecule has 204 valence electrons. The topological polar surface area (TPSA) is 111 Å². The van der Waals surface area contributed by atoms with E-state index in [4.69, 9.17) is 4.74 Å². The number of likely N-dealkylation sites (tertiary alicyclic amines) is 1. The molecule has 2 aromatic carbocycles. The van der Waals surface area contributed by atoms with E-state index < -0.39 is 29.7 Å². The van der Waals surface area contributed by atoms with Gasteiger partial charge in [-0.05, 0) is 30.2 Å². The number of anilines is 1. The van der Waals surface area contributed by atoms with Gasteiger partial charge < -0.3 is 10.1 Å². The van der Waals surface area contributed by atoms with Gasteiger partial charge in [0.2, 0.25) is 11.8 Å². The minimum absolute atomic E-state index is 0.0520. The first kappa shape index (κ1) is 25.6. The van der Waals surface area contributed by atoms with Crippen molar-refractivity contribution in [3.05, 3.63) is 64.5 Å². The molecule has 39 heavy (non-hydrogen) atoms. The summed E-state index contributed by atoms with van der Waals surface area (Å²) in [6.07, 6.45) is 0.137. The second kappa shape index (κ2) is 10.5. The maximum absolute atomic E-state index is 15.0. The van der Waals surface area contributed by atoms with Gasteiger partial charge in [-0.3, -0.25) is 39.2 Å². The SMILES string of the molecule is O=C1CC[C@H](N2C(=O)c3cccc(NCc4ccc(CN5CC(N6CCOCC6)C5)cc4F)c3C2=O)C(=O)N1. The minimum Gasteiger partial charge on any atom is -0.380 e. The molecule has 4 heterocycles. The van der Waals surface area contributed by atoms with Crippen molar-refractivity contribution in [2.75, 3.05) is 44.7 Å². The van der Waals surface area contributed by atoms with Gasteiger partial charge in [0.05, 0.1) is 24.3 Å². The van der Waals surface area contributed by atoms with Crippen LogP contribution in [0.2, 0.25) is 0 Å². The number of hydrogen-bond donors (Lipinski definition) is 2. The summed E-state index contributed by atoms with van der Waals surface area (Å²) in [7, 11) is 0. The molecule has 0 saturated carbocycles. The molecule has 0 bridgehead atoms. The number of morpholine rings is 1. The molecule has 0 aromatic heterocycles. The van der Waals surface area contributed by atoms with Crippen LogP contribution in [-0.2, 0) is 27.4 Å². The normalized spacial score (nSPS) is 22.6. The zero-order chi connectivity index (χ0) is 27.1. The summed E-state index contributed by atoms with van der Waals surface area (Å²) in [5.41, 5.74) is 2.05. The number of carbonyl (C=O) groups excluding carboxylic acids is 4. The van der Waals surface area contributed by atoms with Crippen LogP contribution in [0.5, 0.6) is 0 Å². The summed E-state index contributed by atoms with van der Waals surface area (Å²) in [6, 6.07) is 9.52. The number of fused-ring (bicyclic) bond motifs is 1. The predicted molar refractivity (Wildman–Crippen MR) is 138 cm³/mol. The standard InChI is InChI=1S/C28H30FN5O5/c29-21-12-17(14-32-15-19(16-32)33-8-10-39-11-9-33)4-5-18(21)13-30-22-3-1-2-20-25(22)28(38)34(27(20)37)23-6-7-24(35)31-26(23)36/h1-5,12,19,23,30H,6-11,13-16H2,(H,31,35,36)/t23-/m0/s1. The van der Waals surface area contributed by atoms with Crippen molar-refractivity contribution < 1.29 is 28.3 Å². The van der Waals surface area contributed by atoms with Crippen molar-refractivity contribution in [1.29, 1.82) is 0 Å². The van der Waals surface area contributed by atoms with Crippen LogP contribution in [0.15, 0.2) is 36.4 Å². The Hall–Kier alpha value is -3.67. The second-order valence-corrected chi connectivity index (χ2v) is 10.5. The highest BCUT2D eigenvalue weighted by Gasteiger charge is 2.45. The molecule has 4 aliphatic rings. The first-order valence-electron chi connectivity index (χ1n) is 13.3.